The summed E-state index contributed by atoms with van der Waals surface area (Å²) in [6.45, 7) is 8.28. The second kappa shape index (κ2) is 9.28. The molecule has 0 aromatic rings. The summed E-state index contributed by atoms with van der Waals surface area (Å²) < 4.78 is 11.5. The van der Waals surface area contributed by atoms with Crippen molar-refractivity contribution in [3.63, 3.8) is 0 Å². The van der Waals surface area contributed by atoms with Gasteiger partial charge in [-0.1, -0.05) is 6.58 Å². The first-order chi connectivity index (χ1) is 10.6. The number of nitrogens with zero attached hydrogens (tertiary/aromatic N) is 1. The van der Waals surface area contributed by atoms with Gasteiger partial charge in [0.05, 0.1) is 12.2 Å². The van der Waals surface area contributed by atoms with E-state index < -0.39 is 5.97 Å². The molecule has 126 valence electrons. The lowest BCUT2D eigenvalue weighted by Gasteiger charge is -2.27. The van der Waals surface area contributed by atoms with E-state index in [0.717, 1.165) is 71.4 Å². The Morgan fingerprint density at radius 2 is 1.68 bits per heavy atom. The Labute approximate surface area is 133 Å². The SMILES string of the molecule is C=C(CCCCN(CC1CCCO1)CC1CCCO1)C(=O)O. The summed E-state index contributed by atoms with van der Waals surface area (Å²) >= 11 is 0. The number of rotatable bonds is 10. The maximum Gasteiger partial charge on any atom is 0.330 e. The number of carbonyl (C=O) groups is 1. The molecule has 0 radical (unpaired) electrons. The fraction of sp³-hybridized carbons (Fsp3) is 0.824. The predicted molar refractivity (Wildman–Crippen MR) is 85.0 cm³/mol. The molecule has 0 bridgehead atoms. The summed E-state index contributed by atoms with van der Waals surface area (Å²) in [5.74, 6) is -0.879. The minimum atomic E-state index is -0.879. The minimum absolute atomic E-state index is 0.310. The molecule has 0 spiro atoms. The zero-order chi connectivity index (χ0) is 15.8. The van der Waals surface area contributed by atoms with Gasteiger partial charge in [-0.25, -0.2) is 4.79 Å². The molecule has 2 unspecified atom stereocenters. The first-order valence-electron chi connectivity index (χ1n) is 8.52. The van der Waals surface area contributed by atoms with Gasteiger partial charge in [0.25, 0.3) is 0 Å². The van der Waals surface area contributed by atoms with Gasteiger partial charge in [0.1, 0.15) is 0 Å². The van der Waals surface area contributed by atoms with Crippen molar-refractivity contribution in [2.45, 2.75) is 57.2 Å². The normalized spacial score (nSPS) is 25.0. The van der Waals surface area contributed by atoms with Gasteiger partial charge in [-0.15, -0.1) is 0 Å². The highest BCUT2D eigenvalue weighted by Crippen LogP contribution is 2.18. The van der Waals surface area contributed by atoms with Crippen LogP contribution in [0.25, 0.3) is 0 Å². The van der Waals surface area contributed by atoms with Crippen LogP contribution in [-0.4, -0.2) is 61.0 Å². The van der Waals surface area contributed by atoms with Crippen molar-refractivity contribution in [3.05, 3.63) is 12.2 Å². The van der Waals surface area contributed by atoms with Crippen LogP contribution in [-0.2, 0) is 14.3 Å². The lowest BCUT2D eigenvalue weighted by atomic mass is 10.1. The quantitative estimate of drug-likeness (QED) is 0.496. The molecule has 0 aromatic heterocycles. The fourth-order valence-corrected chi connectivity index (χ4v) is 3.19. The van der Waals surface area contributed by atoms with Crippen molar-refractivity contribution >= 4 is 5.97 Å². The van der Waals surface area contributed by atoms with Crippen LogP contribution in [0.15, 0.2) is 12.2 Å². The van der Waals surface area contributed by atoms with E-state index in [1.165, 1.54) is 0 Å². The molecule has 22 heavy (non-hydrogen) atoms. The molecule has 1 N–H and O–H groups in total. The number of hydrogen-bond donors (Lipinski definition) is 1. The summed E-state index contributed by atoms with van der Waals surface area (Å²) in [6.07, 6.45) is 7.78. The predicted octanol–water partition coefficient (Wildman–Crippen LogP) is 2.46. The number of hydrogen-bond acceptors (Lipinski definition) is 4. The van der Waals surface area contributed by atoms with E-state index >= 15 is 0 Å². The summed E-state index contributed by atoms with van der Waals surface area (Å²) in [4.78, 5) is 13.2. The smallest absolute Gasteiger partial charge is 0.330 e. The molecule has 2 heterocycles. The highest BCUT2D eigenvalue weighted by atomic mass is 16.5. The monoisotopic (exact) mass is 311 g/mol. The average molecular weight is 311 g/mol. The molecule has 0 aromatic carbocycles. The largest absolute Gasteiger partial charge is 0.478 e. The molecule has 5 heteroatoms. The van der Waals surface area contributed by atoms with Crippen molar-refractivity contribution in [1.82, 2.24) is 4.90 Å². The van der Waals surface area contributed by atoms with Crippen LogP contribution in [0.5, 0.6) is 0 Å². The molecule has 2 saturated heterocycles. The van der Waals surface area contributed by atoms with Gasteiger partial charge in [-0.05, 0) is 51.5 Å². The van der Waals surface area contributed by atoms with Crippen LogP contribution in [0.2, 0.25) is 0 Å². The Hall–Kier alpha value is -0.910. The molecule has 2 fully saturated rings. The first-order valence-corrected chi connectivity index (χ1v) is 8.52. The second-order valence-electron chi connectivity index (χ2n) is 6.40. The Morgan fingerprint density at radius 3 is 2.14 bits per heavy atom. The molecule has 2 rings (SSSR count). The van der Waals surface area contributed by atoms with Crippen molar-refractivity contribution in [3.8, 4) is 0 Å². The highest BCUT2D eigenvalue weighted by Gasteiger charge is 2.23. The number of carboxylic acid groups (broad SMARTS) is 1. The van der Waals surface area contributed by atoms with Crippen LogP contribution in [0.3, 0.4) is 0 Å². The Morgan fingerprint density at radius 1 is 1.09 bits per heavy atom. The van der Waals surface area contributed by atoms with Crippen molar-refractivity contribution < 1.29 is 19.4 Å². The van der Waals surface area contributed by atoms with Crippen molar-refractivity contribution in [1.29, 1.82) is 0 Å². The summed E-state index contributed by atoms with van der Waals surface area (Å²) in [7, 11) is 0. The van der Waals surface area contributed by atoms with Gasteiger partial charge < -0.3 is 14.6 Å². The van der Waals surface area contributed by atoms with Crippen LogP contribution in [0, 0.1) is 0 Å². The lowest BCUT2D eigenvalue weighted by molar-refractivity contribution is -0.132. The Kier molecular flexibility index (Phi) is 7.36. The average Bonchev–Trinajstić information content (AvgIpc) is 3.16. The van der Waals surface area contributed by atoms with E-state index in [2.05, 4.69) is 11.5 Å². The van der Waals surface area contributed by atoms with Crippen LogP contribution < -0.4 is 0 Å². The second-order valence-corrected chi connectivity index (χ2v) is 6.40. The molecular weight excluding hydrogens is 282 g/mol. The zero-order valence-electron chi connectivity index (χ0n) is 13.5. The van der Waals surface area contributed by atoms with Crippen LogP contribution in [0.1, 0.15) is 44.9 Å². The third-order valence-corrected chi connectivity index (χ3v) is 4.48. The number of unbranched alkanes of at least 4 members (excludes halogenated alkanes) is 1. The highest BCUT2D eigenvalue weighted by molar-refractivity contribution is 5.85. The molecule has 0 amide bonds. The van der Waals surface area contributed by atoms with Crippen LogP contribution >= 0.6 is 0 Å². The summed E-state index contributed by atoms with van der Waals surface area (Å²) in [5, 5.41) is 8.83. The van der Waals surface area contributed by atoms with Gasteiger partial charge >= 0.3 is 5.97 Å². The van der Waals surface area contributed by atoms with E-state index in [1.54, 1.807) is 0 Å². The molecular formula is C17H29NO4. The molecule has 0 saturated carbocycles. The van der Waals surface area contributed by atoms with E-state index in [1.807, 2.05) is 0 Å². The summed E-state index contributed by atoms with van der Waals surface area (Å²) in [5.41, 5.74) is 0.310. The molecule has 2 atom stereocenters. The van der Waals surface area contributed by atoms with E-state index in [4.69, 9.17) is 14.6 Å². The van der Waals surface area contributed by atoms with E-state index in [-0.39, 0.29) is 0 Å². The number of ether oxygens (including phenoxy) is 2. The van der Waals surface area contributed by atoms with Crippen LogP contribution in [0.4, 0.5) is 0 Å². The van der Waals surface area contributed by atoms with E-state index in [0.29, 0.717) is 24.2 Å². The third kappa shape index (κ3) is 6.07. The van der Waals surface area contributed by atoms with Gasteiger partial charge in [0, 0.05) is 31.9 Å². The fourth-order valence-electron chi connectivity index (χ4n) is 3.19. The minimum Gasteiger partial charge on any atom is -0.478 e. The third-order valence-electron chi connectivity index (χ3n) is 4.48. The maximum atomic E-state index is 10.7. The van der Waals surface area contributed by atoms with Gasteiger partial charge in [-0.2, -0.15) is 0 Å². The lowest BCUT2D eigenvalue weighted by Crippen LogP contribution is -2.38. The van der Waals surface area contributed by atoms with Crippen molar-refractivity contribution in [2.75, 3.05) is 32.8 Å². The maximum absolute atomic E-state index is 10.7. The zero-order valence-corrected chi connectivity index (χ0v) is 13.5. The standard InChI is InChI=1S/C17H29NO4/c1-14(17(19)20)6-2-3-9-18(12-15-7-4-10-21-15)13-16-8-5-11-22-16/h15-16H,1-13H2,(H,19,20). The number of carboxylic acids is 1. The van der Waals surface area contributed by atoms with Gasteiger partial charge in [0.15, 0.2) is 0 Å². The first kappa shape index (κ1) is 17.4. The Bertz CT molecular complexity index is 342. The molecule has 2 aliphatic rings. The van der Waals surface area contributed by atoms with Gasteiger partial charge in [0.2, 0.25) is 0 Å². The number of aliphatic carboxylic acids is 1. The molecule has 0 aliphatic carbocycles. The summed E-state index contributed by atoms with van der Waals surface area (Å²) in [6, 6.07) is 0. The van der Waals surface area contributed by atoms with E-state index in [9.17, 15) is 4.79 Å². The molecule has 5 nitrogen and oxygen atoms in total. The van der Waals surface area contributed by atoms with Crippen molar-refractivity contribution in [2.24, 2.45) is 0 Å². The van der Waals surface area contributed by atoms with Gasteiger partial charge in [-0.3, -0.25) is 4.90 Å². The molecule has 2 aliphatic heterocycles. The Balaban J connectivity index is 1.70. The topological polar surface area (TPSA) is 59.0 Å².